The van der Waals surface area contributed by atoms with Crippen LogP contribution in [0.25, 0.3) is 0 Å². The molecule has 0 amide bonds. The van der Waals surface area contributed by atoms with Crippen LogP contribution in [0, 0.1) is 0 Å². The van der Waals surface area contributed by atoms with Gasteiger partial charge in [-0.15, -0.1) is 0 Å². The molecule has 0 aromatic carbocycles. The fourth-order valence-electron chi connectivity index (χ4n) is 4.44. The molecule has 0 saturated heterocycles. The predicted octanol–water partition coefficient (Wildman–Crippen LogP) is 8.52. The molecular weight excluding hydrogens is 605 g/mol. The van der Waals surface area contributed by atoms with Gasteiger partial charge < -0.3 is 31.0 Å². The monoisotopic (exact) mass is 674 g/mol. The number of unbranched alkanes of at least 4 members (excludes halogenated alkanes) is 1. The van der Waals surface area contributed by atoms with Crippen molar-refractivity contribution in [2.45, 2.75) is 143 Å². The molecule has 0 aliphatic heterocycles. The first-order chi connectivity index (χ1) is 17.9. The van der Waals surface area contributed by atoms with Crippen molar-refractivity contribution in [1.82, 2.24) is 0 Å². The molecule has 7 nitrogen and oxygen atoms in total. The van der Waals surface area contributed by atoms with Crippen molar-refractivity contribution in [3.05, 3.63) is 0 Å². The van der Waals surface area contributed by atoms with E-state index in [1.54, 1.807) is 0 Å². The van der Waals surface area contributed by atoms with Crippen molar-refractivity contribution < 1.29 is 31.0 Å². The van der Waals surface area contributed by atoms with Crippen molar-refractivity contribution in [2.24, 2.45) is 0 Å². The Kier molecular flexibility index (Phi) is 21.7. The predicted molar refractivity (Wildman–Crippen MR) is 188 cm³/mol. The van der Waals surface area contributed by atoms with Gasteiger partial charge in [0.05, 0.1) is 0 Å². The van der Waals surface area contributed by atoms with E-state index in [0.29, 0.717) is 13.0 Å². The summed E-state index contributed by atoms with van der Waals surface area (Å²) in [5.74, 6) is 0. The van der Waals surface area contributed by atoms with Gasteiger partial charge in [0, 0.05) is 33.0 Å². The third-order valence-electron chi connectivity index (χ3n) is 5.02. The summed E-state index contributed by atoms with van der Waals surface area (Å²) in [6.07, 6.45) is 5.10. The summed E-state index contributed by atoms with van der Waals surface area (Å²) >= 11 is 0. The van der Waals surface area contributed by atoms with E-state index < -0.39 is 50.4 Å². The van der Waals surface area contributed by atoms with Crippen LogP contribution in [0.4, 0.5) is 0 Å². The maximum Gasteiger partial charge on any atom is 0.314 e. The highest BCUT2D eigenvalue weighted by atomic mass is 28.5. The Hall–Kier alpha value is 1.02. The molecule has 0 atom stereocenters. The van der Waals surface area contributed by atoms with Crippen LogP contribution >= 0.6 is 0 Å². The number of hydrogen-bond donors (Lipinski definition) is 1. The van der Waals surface area contributed by atoms with Crippen LogP contribution in [0.3, 0.4) is 0 Å². The van der Waals surface area contributed by atoms with Gasteiger partial charge in [-0.3, -0.25) is 0 Å². The van der Waals surface area contributed by atoms with E-state index in [4.69, 9.17) is 31.0 Å². The minimum Gasteiger partial charge on any atom is -0.437 e. The Labute approximate surface area is 256 Å². The highest BCUT2D eigenvalue weighted by Gasteiger charge is 2.40. The molecule has 0 aliphatic carbocycles. The quantitative estimate of drug-likeness (QED) is 0.0911. The van der Waals surface area contributed by atoms with Gasteiger partial charge in [-0.25, -0.2) is 0 Å². The van der Waals surface area contributed by atoms with E-state index in [0.717, 1.165) is 51.2 Å². The standard InChI is InChI=1S/C14H36O3Si3.C13H34O4Si3/c1-9-10-12-15-13-11-14-20(8,16-18(2,3)4)17-19(5,6)7;1-18(2,3)16-20(7,17-19(4,5)6)13-9-12-15-11-8-10-14/h9-14H2,1-8H3;14H,8-13H2,1-7H3. The van der Waals surface area contributed by atoms with Crippen molar-refractivity contribution in [2.75, 3.05) is 33.0 Å². The van der Waals surface area contributed by atoms with Gasteiger partial charge in [-0.1, -0.05) is 13.3 Å². The van der Waals surface area contributed by atoms with Gasteiger partial charge in [-0.05, 0) is 129 Å². The number of rotatable bonds is 22. The van der Waals surface area contributed by atoms with Crippen molar-refractivity contribution in [3.8, 4) is 0 Å². The summed E-state index contributed by atoms with van der Waals surface area (Å²) in [4.78, 5) is 0. The first-order valence-corrected chi connectivity index (χ1v) is 34.2. The molecule has 0 aromatic rings. The van der Waals surface area contributed by atoms with Crippen molar-refractivity contribution in [3.63, 3.8) is 0 Å². The Morgan fingerprint density at radius 1 is 0.425 bits per heavy atom. The Morgan fingerprint density at radius 3 is 0.950 bits per heavy atom. The molecule has 0 bridgehead atoms. The highest BCUT2D eigenvalue weighted by molar-refractivity contribution is 6.88. The fraction of sp³-hybridized carbons (Fsp3) is 1.00. The van der Waals surface area contributed by atoms with E-state index in [1.807, 2.05) is 0 Å². The lowest BCUT2D eigenvalue weighted by Gasteiger charge is -2.38. The van der Waals surface area contributed by atoms with Gasteiger partial charge in [0.2, 0.25) is 0 Å². The SMILES string of the molecule is CCCCOCCC[Si](C)(O[Si](C)(C)C)O[Si](C)(C)C.C[Si](C)(C)O[Si](C)(CCCOCCCO)O[Si](C)(C)C. The van der Waals surface area contributed by atoms with E-state index in [-0.39, 0.29) is 6.61 Å². The summed E-state index contributed by atoms with van der Waals surface area (Å²) in [5, 5.41) is 8.70. The molecule has 0 radical (unpaired) electrons. The zero-order valence-corrected chi connectivity index (χ0v) is 35.4. The first kappa shape index (κ1) is 43.2. The van der Waals surface area contributed by atoms with E-state index >= 15 is 0 Å². The molecule has 0 spiro atoms. The zero-order chi connectivity index (χ0) is 31.7. The zero-order valence-electron chi connectivity index (χ0n) is 29.4. The first-order valence-electron chi connectivity index (χ1n) is 15.5. The lowest BCUT2D eigenvalue weighted by atomic mass is 10.4. The molecule has 0 heterocycles. The molecular formula is C27H70O7Si6. The number of aliphatic hydroxyl groups excluding tert-OH is 1. The number of aliphatic hydroxyl groups is 1. The van der Waals surface area contributed by atoms with E-state index in [1.165, 1.54) is 6.42 Å². The van der Waals surface area contributed by atoms with Crippen molar-refractivity contribution >= 4 is 50.4 Å². The molecule has 0 aromatic heterocycles. The fourth-order valence-corrected chi connectivity index (χ4v) is 29.5. The molecule has 244 valence electrons. The summed E-state index contributed by atoms with van der Waals surface area (Å²) in [6.45, 7) is 36.8. The molecule has 13 heteroatoms. The second-order valence-electron chi connectivity index (χ2n) is 15.0. The molecule has 0 fully saturated rings. The van der Waals surface area contributed by atoms with E-state index in [2.05, 4.69) is 98.6 Å². The second kappa shape index (κ2) is 20.1. The van der Waals surface area contributed by atoms with Crippen LogP contribution in [0.2, 0.25) is 104 Å². The summed E-state index contributed by atoms with van der Waals surface area (Å²) in [7, 11) is -10.4. The molecule has 1 N–H and O–H groups in total. The maximum atomic E-state index is 8.70. The maximum absolute atomic E-state index is 8.70. The van der Waals surface area contributed by atoms with Crippen LogP contribution < -0.4 is 0 Å². The lowest BCUT2D eigenvalue weighted by Crippen LogP contribution is -2.52. The van der Waals surface area contributed by atoms with Crippen molar-refractivity contribution in [1.29, 1.82) is 0 Å². The Balaban J connectivity index is 0. The number of ether oxygens (including phenoxy) is 2. The van der Waals surface area contributed by atoms with Gasteiger partial charge in [-0.2, -0.15) is 0 Å². The summed E-state index contributed by atoms with van der Waals surface area (Å²) in [6, 6.07) is 2.04. The van der Waals surface area contributed by atoms with Crippen LogP contribution in [-0.2, 0) is 25.9 Å². The van der Waals surface area contributed by atoms with Crippen LogP contribution in [-0.4, -0.2) is 88.5 Å². The summed E-state index contributed by atoms with van der Waals surface area (Å²) < 4.78 is 36.9. The Bertz CT molecular complexity index is 543. The van der Waals surface area contributed by atoms with Crippen LogP contribution in [0.5, 0.6) is 0 Å². The molecule has 0 rings (SSSR count). The van der Waals surface area contributed by atoms with Gasteiger partial charge in [0.1, 0.15) is 0 Å². The second-order valence-corrected chi connectivity index (χ2v) is 40.7. The molecule has 40 heavy (non-hydrogen) atoms. The average Bonchev–Trinajstić information content (AvgIpc) is 2.68. The molecule has 0 aliphatic rings. The minimum atomic E-state index is -2.09. The van der Waals surface area contributed by atoms with E-state index in [9.17, 15) is 0 Å². The topological polar surface area (TPSA) is 75.6 Å². The normalized spacial score (nSPS) is 13.8. The average molecular weight is 675 g/mol. The minimum absolute atomic E-state index is 0.198. The smallest absolute Gasteiger partial charge is 0.314 e. The Morgan fingerprint density at radius 2 is 0.700 bits per heavy atom. The largest absolute Gasteiger partial charge is 0.437 e. The number of hydrogen-bond acceptors (Lipinski definition) is 7. The third-order valence-corrected chi connectivity index (χ3v) is 24.2. The molecule has 0 unspecified atom stereocenters. The summed E-state index contributed by atoms with van der Waals surface area (Å²) in [5.41, 5.74) is 0. The van der Waals surface area contributed by atoms with Gasteiger partial charge >= 0.3 is 17.1 Å². The molecule has 0 saturated carbocycles. The van der Waals surface area contributed by atoms with Gasteiger partial charge in [0.25, 0.3) is 0 Å². The highest BCUT2D eigenvalue weighted by Crippen LogP contribution is 2.26. The van der Waals surface area contributed by atoms with Crippen LogP contribution in [0.1, 0.15) is 39.0 Å². The third kappa shape index (κ3) is 30.5. The lowest BCUT2D eigenvalue weighted by molar-refractivity contribution is 0.115. The van der Waals surface area contributed by atoms with Crippen LogP contribution in [0.15, 0.2) is 0 Å². The van der Waals surface area contributed by atoms with Gasteiger partial charge in [0.15, 0.2) is 33.3 Å².